The third-order valence-corrected chi connectivity index (χ3v) is 6.66. The van der Waals surface area contributed by atoms with Crippen LogP contribution in [0.4, 0.5) is 0 Å². The van der Waals surface area contributed by atoms with E-state index in [0.717, 1.165) is 11.1 Å². The second-order valence-corrected chi connectivity index (χ2v) is 10.1. The van der Waals surface area contributed by atoms with Crippen LogP contribution < -0.4 is 15.8 Å². The van der Waals surface area contributed by atoms with Crippen LogP contribution in [0.5, 0.6) is 0 Å². The summed E-state index contributed by atoms with van der Waals surface area (Å²) in [5.74, 6) is -0.852. The van der Waals surface area contributed by atoms with Crippen molar-refractivity contribution in [2.45, 2.75) is 44.6 Å². The number of hydrogen-bond acceptors (Lipinski definition) is 5. The van der Waals surface area contributed by atoms with Gasteiger partial charge in [-0.3, -0.25) is 9.36 Å². The molecule has 2 aromatic carbocycles. The monoisotopic (exact) mass is 459 g/mol. The van der Waals surface area contributed by atoms with E-state index in [0.29, 0.717) is 24.9 Å². The van der Waals surface area contributed by atoms with Crippen molar-refractivity contribution in [2.75, 3.05) is 6.54 Å². The number of aryl methyl sites for hydroxylation is 2. The standard InChI is InChI=1S/C23H29N3O5S/c1-15(2)12-19(22(27)24-11-10-17-7-5-6-16(3)13-17)25-32(29,30)18-8-9-20-21(14-18)31-23(28)26(20)4/h5-9,13-15,19,25H,10-12H2,1-4H3,(H,24,27)/t19-/m1/s1. The second kappa shape index (κ2) is 9.70. The zero-order valence-corrected chi connectivity index (χ0v) is 19.5. The normalized spacial score (nSPS) is 12.9. The van der Waals surface area contributed by atoms with E-state index in [1.165, 1.54) is 22.8 Å². The van der Waals surface area contributed by atoms with Crippen molar-refractivity contribution < 1.29 is 17.6 Å². The first-order valence-corrected chi connectivity index (χ1v) is 12.0. The average molecular weight is 460 g/mol. The van der Waals surface area contributed by atoms with E-state index in [1.807, 2.05) is 39.0 Å². The van der Waals surface area contributed by atoms with Gasteiger partial charge in [-0.1, -0.05) is 43.7 Å². The summed E-state index contributed by atoms with van der Waals surface area (Å²) in [6, 6.07) is 11.3. The summed E-state index contributed by atoms with van der Waals surface area (Å²) >= 11 is 0. The molecule has 0 aliphatic rings. The molecule has 9 heteroatoms. The van der Waals surface area contributed by atoms with Gasteiger partial charge in [-0.15, -0.1) is 0 Å². The first-order chi connectivity index (χ1) is 15.1. The number of hydrogen-bond donors (Lipinski definition) is 2. The quantitative estimate of drug-likeness (QED) is 0.511. The predicted octanol–water partition coefficient (Wildman–Crippen LogP) is 2.49. The number of rotatable bonds is 9. The molecule has 0 spiro atoms. The van der Waals surface area contributed by atoms with Crippen molar-refractivity contribution in [3.8, 4) is 0 Å². The number of sulfonamides is 1. The molecule has 0 radical (unpaired) electrons. The molecule has 2 N–H and O–H groups in total. The van der Waals surface area contributed by atoms with Crippen LogP contribution in [0.15, 0.2) is 56.6 Å². The number of nitrogens with one attached hydrogen (secondary N) is 2. The molecule has 172 valence electrons. The third kappa shape index (κ3) is 5.66. The molecule has 3 aromatic rings. The van der Waals surface area contributed by atoms with Gasteiger partial charge in [0.15, 0.2) is 5.58 Å². The van der Waals surface area contributed by atoms with Crippen molar-refractivity contribution >= 4 is 27.0 Å². The van der Waals surface area contributed by atoms with Crippen LogP contribution in [0.25, 0.3) is 11.1 Å². The van der Waals surface area contributed by atoms with Crippen molar-refractivity contribution in [3.63, 3.8) is 0 Å². The molecule has 32 heavy (non-hydrogen) atoms. The van der Waals surface area contributed by atoms with Crippen LogP contribution in [-0.2, 0) is 28.3 Å². The number of aromatic nitrogens is 1. The summed E-state index contributed by atoms with van der Waals surface area (Å²) in [4.78, 5) is 24.4. The first-order valence-electron chi connectivity index (χ1n) is 10.5. The molecule has 0 aliphatic heterocycles. The van der Waals surface area contributed by atoms with Gasteiger partial charge in [-0.25, -0.2) is 13.2 Å². The number of fused-ring (bicyclic) bond motifs is 1. The Morgan fingerprint density at radius 1 is 1.16 bits per heavy atom. The number of benzene rings is 2. The Morgan fingerprint density at radius 2 is 1.91 bits per heavy atom. The van der Waals surface area contributed by atoms with E-state index >= 15 is 0 Å². The number of amides is 1. The van der Waals surface area contributed by atoms with Crippen LogP contribution in [0.2, 0.25) is 0 Å². The Hall–Kier alpha value is -2.91. The number of nitrogens with zero attached hydrogens (tertiary/aromatic N) is 1. The molecule has 0 saturated heterocycles. The van der Waals surface area contributed by atoms with E-state index < -0.39 is 21.8 Å². The Bertz CT molecular complexity index is 1270. The van der Waals surface area contributed by atoms with Gasteiger partial charge < -0.3 is 9.73 Å². The minimum absolute atomic E-state index is 0.0688. The SMILES string of the molecule is Cc1cccc(CCNC(=O)[C@@H](CC(C)C)NS(=O)(=O)c2ccc3c(c2)oc(=O)n3C)c1. The van der Waals surface area contributed by atoms with E-state index in [2.05, 4.69) is 16.1 Å². The molecule has 1 aromatic heterocycles. The first kappa shape index (κ1) is 23.7. The minimum atomic E-state index is -4.01. The molecule has 0 fully saturated rings. The van der Waals surface area contributed by atoms with Crippen LogP contribution in [0, 0.1) is 12.8 Å². The Morgan fingerprint density at radius 3 is 2.59 bits per heavy atom. The summed E-state index contributed by atoms with van der Waals surface area (Å²) in [6.45, 7) is 6.26. The van der Waals surface area contributed by atoms with Crippen molar-refractivity contribution in [1.82, 2.24) is 14.6 Å². The smallest absolute Gasteiger partial charge is 0.408 e. The highest BCUT2D eigenvalue weighted by Crippen LogP contribution is 2.19. The molecular formula is C23H29N3O5S. The van der Waals surface area contributed by atoms with E-state index in [4.69, 9.17) is 4.42 Å². The highest BCUT2D eigenvalue weighted by atomic mass is 32.2. The molecular weight excluding hydrogens is 430 g/mol. The second-order valence-electron chi connectivity index (χ2n) is 8.39. The Kier molecular flexibility index (Phi) is 7.20. The van der Waals surface area contributed by atoms with Crippen LogP contribution in [-0.4, -0.2) is 31.5 Å². The molecule has 0 unspecified atom stereocenters. The average Bonchev–Trinajstić information content (AvgIpc) is 3.00. The fourth-order valence-corrected chi connectivity index (χ4v) is 4.76. The Balaban J connectivity index is 1.73. The lowest BCUT2D eigenvalue weighted by molar-refractivity contribution is -0.123. The Labute approximate surface area is 187 Å². The van der Waals surface area contributed by atoms with E-state index in [9.17, 15) is 18.0 Å². The minimum Gasteiger partial charge on any atom is -0.408 e. The molecule has 8 nitrogen and oxygen atoms in total. The maximum atomic E-state index is 13.0. The zero-order chi connectivity index (χ0) is 23.5. The third-order valence-electron chi connectivity index (χ3n) is 5.19. The largest absolute Gasteiger partial charge is 0.419 e. The molecule has 1 heterocycles. The van der Waals surface area contributed by atoms with Crippen molar-refractivity contribution in [3.05, 3.63) is 64.1 Å². The summed E-state index contributed by atoms with van der Waals surface area (Å²) in [6.07, 6.45) is 0.996. The number of oxazole rings is 1. The van der Waals surface area contributed by atoms with Gasteiger partial charge >= 0.3 is 5.76 Å². The van der Waals surface area contributed by atoms with Crippen LogP contribution in [0.3, 0.4) is 0 Å². The maximum Gasteiger partial charge on any atom is 0.419 e. The van der Waals surface area contributed by atoms with E-state index in [1.54, 1.807) is 7.05 Å². The fraction of sp³-hybridized carbons (Fsp3) is 0.391. The van der Waals surface area contributed by atoms with Gasteiger partial charge in [-0.05, 0) is 43.4 Å². The van der Waals surface area contributed by atoms with Gasteiger partial charge in [0.2, 0.25) is 15.9 Å². The highest BCUT2D eigenvalue weighted by molar-refractivity contribution is 7.89. The fourth-order valence-electron chi connectivity index (χ4n) is 3.54. The predicted molar refractivity (Wildman–Crippen MR) is 123 cm³/mol. The summed E-state index contributed by atoms with van der Waals surface area (Å²) in [5, 5.41) is 2.84. The lowest BCUT2D eigenvalue weighted by Crippen LogP contribution is -2.47. The van der Waals surface area contributed by atoms with Crippen molar-refractivity contribution in [1.29, 1.82) is 0 Å². The zero-order valence-electron chi connectivity index (χ0n) is 18.7. The molecule has 1 amide bonds. The van der Waals surface area contributed by atoms with Gasteiger partial charge in [0.1, 0.15) is 6.04 Å². The molecule has 3 rings (SSSR count). The summed E-state index contributed by atoms with van der Waals surface area (Å²) < 4.78 is 34.9. The maximum absolute atomic E-state index is 13.0. The van der Waals surface area contributed by atoms with Crippen molar-refractivity contribution in [2.24, 2.45) is 13.0 Å². The number of carbonyl (C=O) groups excluding carboxylic acids is 1. The van der Waals surface area contributed by atoms with Gasteiger partial charge in [0, 0.05) is 19.7 Å². The topological polar surface area (TPSA) is 110 Å². The molecule has 1 atom stereocenters. The van der Waals surface area contributed by atoms with Crippen LogP contribution in [0.1, 0.15) is 31.4 Å². The lowest BCUT2D eigenvalue weighted by Gasteiger charge is -2.20. The molecule has 0 aliphatic carbocycles. The number of carbonyl (C=O) groups is 1. The molecule has 0 bridgehead atoms. The van der Waals surface area contributed by atoms with Crippen LogP contribution >= 0.6 is 0 Å². The lowest BCUT2D eigenvalue weighted by atomic mass is 10.0. The molecule has 0 saturated carbocycles. The van der Waals surface area contributed by atoms with Gasteiger partial charge in [0.25, 0.3) is 0 Å². The summed E-state index contributed by atoms with van der Waals surface area (Å²) in [7, 11) is -2.47. The summed E-state index contributed by atoms with van der Waals surface area (Å²) in [5.41, 5.74) is 2.90. The van der Waals surface area contributed by atoms with E-state index in [-0.39, 0.29) is 22.3 Å². The highest BCUT2D eigenvalue weighted by Gasteiger charge is 2.27. The van der Waals surface area contributed by atoms with Gasteiger partial charge in [-0.2, -0.15) is 4.72 Å². The van der Waals surface area contributed by atoms with Gasteiger partial charge in [0.05, 0.1) is 10.4 Å².